The highest BCUT2D eigenvalue weighted by Gasteiger charge is 2.00. The first-order valence-electron chi connectivity index (χ1n) is 4.19. The number of anilines is 1. The molecule has 1 amide bonds. The molecule has 0 bridgehead atoms. The number of amides is 1. The van der Waals surface area contributed by atoms with E-state index in [-0.39, 0.29) is 5.91 Å². The Balaban J connectivity index is 2.83. The third-order valence-corrected chi connectivity index (χ3v) is 1.87. The van der Waals surface area contributed by atoms with E-state index in [9.17, 15) is 4.79 Å². The fraction of sp³-hybridized carbons (Fsp3) is 0.300. The molecule has 1 N–H and O–H groups in total. The Bertz CT molecular complexity index is 302. The first-order valence-corrected chi connectivity index (χ1v) is 4.56. The molecule has 0 atom stereocenters. The average molecular weight is 198 g/mol. The van der Waals surface area contributed by atoms with Crippen molar-refractivity contribution in [3.8, 4) is 0 Å². The second-order valence-electron chi connectivity index (χ2n) is 2.92. The molecule has 1 rings (SSSR count). The lowest BCUT2D eigenvalue weighted by atomic mass is 10.2. The zero-order valence-electron chi connectivity index (χ0n) is 7.73. The monoisotopic (exact) mass is 197 g/mol. The van der Waals surface area contributed by atoms with E-state index in [1.807, 2.05) is 26.0 Å². The quantitative estimate of drug-likeness (QED) is 0.776. The molecule has 0 radical (unpaired) electrons. The van der Waals surface area contributed by atoms with Crippen molar-refractivity contribution in [2.24, 2.45) is 0 Å². The number of halogens is 1. The van der Waals surface area contributed by atoms with Gasteiger partial charge in [-0.1, -0.05) is 18.5 Å². The molecule has 0 spiro atoms. The summed E-state index contributed by atoms with van der Waals surface area (Å²) in [5, 5.41) is 3.39. The van der Waals surface area contributed by atoms with Crippen LogP contribution in [0.15, 0.2) is 18.2 Å². The van der Waals surface area contributed by atoms with E-state index in [1.54, 1.807) is 6.07 Å². The topological polar surface area (TPSA) is 29.1 Å². The largest absolute Gasteiger partial charge is 0.326 e. The molecule has 0 unspecified atom stereocenters. The highest BCUT2D eigenvalue weighted by atomic mass is 35.5. The minimum Gasteiger partial charge on any atom is -0.326 e. The van der Waals surface area contributed by atoms with Crippen molar-refractivity contribution in [3.05, 3.63) is 28.8 Å². The molecular formula is C10H12ClNO. The van der Waals surface area contributed by atoms with E-state index in [1.165, 1.54) is 0 Å². The summed E-state index contributed by atoms with van der Waals surface area (Å²) in [6.07, 6.45) is 0.478. The third kappa shape index (κ3) is 3.07. The number of rotatable bonds is 2. The Morgan fingerprint density at radius 2 is 2.15 bits per heavy atom. The van der Waals surface area contributed by atoms with E-state index < -0.39 is 0 Å². The second kappa shape index (κ2) is 4.28. The second-order valence-corrected chi connectivity index (χ2v) is 3.36. The summed E-state index contributed by atoms with van der Waals surface area (Å²) >= 11 is 5.83. The van der Waals surface area contributed by atoms with Crippen molar-refractivity contribution in [1.82, 2.24) is 0 Å². The minimum absolute atomic E-state index is 0.00154. The van der Waals surface area contributed by atoms with Crippen LogP contribution >= 0.6 is 11.6 Å². The van der Waals surface area contributed by atoms with Crippen LogP contribution in [0.3, 0.4) is 0 Å². The number of nitrogens with one attached hydrogen (secondary N) is 1. The summed E-state index contributed by atoms with van der Waals surface area (Å²) < 4.78 is 0. The van der Waals surface area contributed by atoms with Gasteiger partial charge in [0.05, 0.1) is 0 Å². The smallest absolute Gasteiger partial charge is 0.224 e. The van der Waals surface area contributed by atoms with Crippen LogP contribution in [0.5, 0.6) is 0 Å². The molecule has 0 aromatic heterocycles. The summed E-state index contributed by atoms with van der Waals surface area (Å²) in [5.41, 5.74) is 1.80. The van der Waals surface area contributed by atoms with E-state index in [2.05, 4.69) is 5.32 Å². The van der Waals surface area contributed by atoms with Gasteiger partial charge in [0.2, 0.25) is 5.91 Å². The molecule has 0 aliphatic carbocycles. The lowest BCUT2D eigenvalue weighted by Crippen LogP contribution is -2.09. The number of hydrogen-bond donors (Lipinski definition) is 1. The maximum atomic E-state index is 11.0. The number of aryl methyl sites for hydroxylation is 1. The van der Waals surface area contributed by atoms with Crippen molar-refractivity contribution >= 4 is 23.2 Å². The molecule has 0 aliphatic rings. The molecule has 70 valence electrons. The molecule has 0 aliphatic heterocycles. The van der Waals surface area contributed by atoms with Gasteiger partial charge in [-0.25, -0.2) is 0 Å². The van der Waals surface area contributed by atoms with Gasteiger partial charge in [-0.2, -0.15) is 0 Å². The molecule has 1 aromatic carbocycles. The summed E-state index contributed by atoms with van der Waals surface area (Å²) in [6, 6.07) is 5.48. The minimum atomic E-state index is 0.00154. The van der Waals surface area contributed by atoms with Crippen LogP contribution in [-0.4, -0.2) is 5.91 Å². The maximum absolute atomic E-state index is 11.0. The fourth-order valence-corrected chi connectivity index (χ4v) is 1.35. The molecular weight excluding hydrogens is 186 g/mol. The Hall–Kier alpha value is -1.02. The van der Waals surface area contributed by atoms with Crippen LogP contribution < -0.4 is 5.32 Å². The molecule has 3 heteroatoms. The van der Waals surface area contributed by atoms with E-state index in [4.69, 9.17) is 11.6 Å². The summed E-state index contributed by atoms with van der Waals surface area (Å²) in [4.78, 5) is 11.0. The Morgan fingerprint density at radius 1 is 1.46 bits per heavy atom. The number of benzene rings is 1. The summed E-state index contributed by atoms with van der Waals surface area (Å²) in [6.45, 7) is 3.75. The maximum Gasteiger partial charge on any atom is 0.224 e. The number of carbonyl (C=O) groups is 1. The van der Waals surface area contributed by atoms with Crippen LogP contribution in [0.25, 0.3) is 0 Å². The van der Waals surface area contributed by atoms with Crippen molar-refractivity contribution in [1.29, 1.82) is 0 Å². The Labute approximate surface area is 82.9 Å². The van der Waals surface area contributed by atoms with Crippen molar-refractivity contribution in [3.63, 3.8) is 0 Å². The Morgan fingerprint density at radius 3 is 2.69 bits per heavy atom. The van der Waals surface area contributed by atoms with Crippen molar-refractivity contribution in [2.75, 3.05) is 5.32 Å². The average Bonchev–Trinajstić information content (AvgIpc) is 2.02. The molecule has 13 heavy (non-hydrogen) atoms. The van der Waals surface area contributed by atoms with Gasteiger partial charge in [-0.05, 0) is 30.7 Å². The normalized spacial score (nSPS) is 9.77. The molecule has 0 heterocycles. The molecule has 2 nitrogen and oxygen atoms in total. The predicted octanol–water partition coefficient (Wildman–Crippen LogP) is 3.00. The third-order valence-electron chi connectivity index (χ3n) is 1.65. The van der Waals surface area contributed by atoms with Crippen LogP contribution in [0, 0.1) is 6.92 Å². The van der Waals surface area contributed by atoms with Gasteiger partial charge in [-0.15, -0.1) is 0 Å². The first-order chi connectivity index (χ1) is 6.11. The fourth-order valence-electron chi connectivity index (χ4n) is 1.06. The van der Waals surface area contributed by atoms with Crippen molar-refractivity contribution in [2.45, 2.75) is 20.3 Å². The molecule has 0 saturated carbocycles. The summed E-state index contributed by atoms with van der Waals surface area (Å²) in [7, 11) is 0. The lowest BCUT2D eigenvalue weighted by Gasteiger charge is -2.04. The number of carbonyl (C=O) groups excluding carboxylic acids is 1. The van der Waals surface area contributed by atoms with E-state index in [0.29, 0.717) is 11.4 Å². The zero-order valence-corrected chi connectivity index (χ0v) is 8.48. The molecule has 0 fully saturated rings. The van der Waals surface area contributed by atoms with Crippen LogP contribution in [0.1, 0.15) is 18.9 Å². The van der Waals surface area contributed by atoms with Crippen LogP contribution in [-0.2, 0) is 4.79 Å². The van der Waals surface area contributed by atoms with Gasteiger partial charge in [0.1, 0.15) is 0 Å². The van der Waals surface area contributed by atoms with Gasteiger partial charge in [0.25, 0.3) is 0 Å². The van der Waals surface area contributed by atoms with Gasteiger partial charge in [0, 0.05) is 17.1 Å². The van der Waals surface area contributed by atoms with Gasteiger partial charge >= 0.3 is 0 Å². The van der Waals surface area contributed by atoms with E-state index in [0.717, 1.165) is 11.3 Å². The van der Waals surface area contributed by atoms with Crippen molar-refractivity contribution < 1.29 is 4.79 Å². The first kappa shape index (κ1) is 10.1. The van der Waals surface area contributed by atoms with Crippen LogP contribution in [0.2, 0.25) is 5.02 Å². The Kier molecular flexibility index (Phi) is 3.32. The van der Waals surface area contributed by atoms with Gasteiger partial charge in [-0.3, -0.25) is 4.79 Å². The van der Waals surface area contributed by atoms with Gasteiger partial charge in [0.15, 0.2) is 0 Å². The number of hydrogen-bond acceptors (Lipinski definition) is 1. The SMILES string of the molecule is CCC(=O)Nc1cc(C)cc(Cl)c1. The predicted molar refractivity (Wildman–Crippen MR) is 55.1 cm³/mol. The summed E-state index contributed by atoms with van der Waals surface area (Å²) in [5.74, 6) is 0.00154. The standard InChI is InChI=1S/C10H12ClNO/c1-3-10(13)12-9-5-7(2)4-8(11)6-9/h4-6H,3H2,1-2H3,(H,12,13). The zero-order chi connectivity index (χ0) is 9.84. The molecule has 0 saturated heterocycles. The highest BCUT2D eigenvalue weighted by Crippen LogP contribution is 2.18. The van der Waals surface area contributed by atoms with Gasteiger partial charge < -0.3 is 5.32 Å². The molecule has 1 aromatic rings. The highest BCUT2D eigenvalue weighted by molar-refractivity contribution is 6.31. The van der Waals surface area contributed by atoms with E-state index >= 15 is 0 Å². The van der Waals surface area contributed by atoms with Crippen LogP contribution in [0.4, 0.5) is 5.69 Å². The lowest BCUT2D eigenvalue weighted by molar-refractivity contribution is -0.115.